The molecule has 0 amide bonds. The van der Waals surface area contributed by atoms with Crippen molar-refractivity contribution in [3.63, 3.8) is 0 Å². The van der Waals surface area contributed by atoms with Gasteiger partial charge in [0.2, 0.25) is 0 Å². The van der Waals surface area contributed by atoms with Crippen LogP contribution in [-0.2, 0) is 7.05 Å². The Kier molecular flexibility index (Phi) is 3.85. The Morgan fingerprint density at radius 3 is 3.00 bits per heavy atom. The van der Waals surface area contributed by atoms with E-state index >= 15 is 0 Å². The minimum Gasteiger partial charge on any atom is -0.497 e. The van der Waals surface area contributed by atoms with Crippen molar-refractivity contribution < 1.29 is 4.74 Å². The summed E-state index contributed by atoms with van der Waals surface area (Å²) in [4.78, 5) is 0. The van der Waals surface area contributed by atoms with E-state index in [1.807, 2.05) is 35.9 Å². The fraction of sp³-hybridized carbons (Fsp3) is 0.250. The first-order valence-electron chi connectivity index (χ1n) is 5.30. The van der Waals surface area contributed by atoms with Crippen LogP contribution in [0.2, 0.25) is 0 Å². The molecule has 0 spiro atoms. The zero-order valence-corrected chi connectivity index (χ0v) is 10.9. The van der Waals surface area contributed by atoms with Gasteiger partial charge in [-0.3, -0.25) is 0 Å². The number of benzene rings is 1. The van der Waals surface area contributed by atoms with Gasteiger partial charge in [0, 0.05) is 12.6 Å². The molecule has 0 saturated heterocycles. The van der Waals surface area contributed by atoms with Crippen LogP contribution >= 0.6 is 11.8 Å². The van der Waals surface area contributed by atoms with Crippen LogP contribution in [0.5, 0.6) is 5.75 Å². The predicted molar refractivity (Wildman–Crippen MR) is 69.3 cm³/mol. The van der Waals surface area contributed by atoms with Crippen LogP contribution in [0.15, 0.2) is 29.4 Å². The normalized spacial score (nSPS) is 10.1. The number of nitrogens with zero attached hydrogens (tertiary/aromatic N) is 4. The molecule has 18 heavy (non-hydrogen) atoms. The van der Waals surface area contributed by atoms with Gasteiger partial charge in [-0.1, -0.05) is 23.9 Å². The van der Waals surface area contributed by atoms with E-state index in [1.54, 1.807) is 7.11 Å². The topological polar surface area (TPSA) is 63.7 Å². The number of rotatable bonds is 4. The summed E-state index contributed by atoms with van der Waals surface area (Å²) in [6, 6.07) is 9.72. The van der Waals surface area contributed by atoms with Crippen LogP contribution in [0, 0.1) is 11.3 Å². The molecule has 0 aliphatic rings. The van der Waals surface area contributed by atoms with E-state index in [1.165, 1.54) is 11.8 Å². The van der Waals surface area contributed by atoms with Gasteiger partial charge in [-0.2, -0.15) is 5.26 Å². The van der Waals surface area contributed by atoms with Crippen LogP contribution in [0.1, 0.15) is 0 Å². The molecular formula is C12H12N4OS. The predicted octanol–water partition coefficient (Wildman–Crippen LogP) is 2.11. The van der Waals surface area contributed by atoms with E-state index in [0.29, 0.717) is 5.75 Å². The summed E-state index contributed by atoms with van der Waals surface area (Å²) in [6.45, 7) is 0. The summed E-state index contributed by atoms with van der Waals surface area (Å²) in [5.41, 5.74) is 0.938. The Bertz CT molecular complexity index is 588. The van der Waals surface area contributed by atoms with Crippen molar-refractivity contribution in [1.82, 2.24) is 14.8 Å². The summed E-state index contributed by atoms with van der Waals surface area (Å²) in [5, 5.41) is 17.5. The molecule has 92 valence electrons. The van der Waals surface area contributed by atoms with E-state index in [4.69, 9.17) is 10.00 Å². The largest absolute Gasteiger partial charge is 0.497 e. The van der Waals surface area contributed by atoms with Crippen LogP contribution in [0.25, 0.3) is 11.4 Å². The second-order valence-corrected chi connectivity index (χ2v) is 4.49. The lowest BCUT2D eigenvalue weighted by Gasteiger charge is -2.04. The average molecular weight is 260 g/mol. The fourth-order valence-corrected chi connectivity index (χ4v) is 2.12. The van der Waals surface area contributed by atoms with Crippen LogP contribution in [0.3, 0.4) is 0 Å². The van der Waals surface area contributed by atoms with Crippen molar-refractivity contribution in [3.05, 3.63) is 24.3 Å². The zero-order chi connectivity index (χ0) is 13.0. The minimum atomic E-state index is 0.365. The molecule has 1 heterocycles. The Morgan fingerprint density at radius 2 is 2.28 bits per heavy atom. The third-order valence-electron chi connectivity index (χ3n) is 2.43. The first-order valence-corrected chi connectivity index (χ1v) is 6.28. The highest BCUT2D eigenvalue weighted by molar-refractivity contribution is 7.99. The van der Waals surface area contributed by atoms with Crippen molar-refractivity contribution in [2.75, 3.05) is 12.9 Å². The van der Waals surface area contributed by atoms with Gasteiger partial charge in [0.15, 0.2) is 11.0 Å². The lowest BCUT2D eigenvalue weighted by Crippen LogP contribution is -1.95. The van der Waals surface area contributed by atoms with Crippen molar-refractivity contribution in [2.24, 2.45) is 7.05 Å². The Balaban J connectivity index is 2.33. The molecular weight excluding hydrogens is 248 g/mol. The highest BCUT2D eigenvalue weighted by Gasteiger charge is 2.11. The third-order valence-corrected chi connectivity index (χ3v) is 3.32. The maximum atomic E-state index is 8.57. The number of hydrogen-bond donors (Lipinski definition) is 0. The molecule has 2 rings (SSSR count). The summed E-state index contributed by atoms with van der Waals surface area (Å²) >= 11 is 1.37. The van der Waals surface area contributed by atoms with Gasteiger partial charge >= 0.3 is 0 Å². The first-order chi connectivity index (χ1) is 8.76. The Hall–Kier alpha value is -2.00. The summed E-state index contributed by atoms with van der Waals surface area (Å²) in [7, 11) is 3.51. The molecule has 0 radical (unpaired) electrons. The maximum Gasteiger partial charge on any atom is 0.192 e. The summed E-state index contributed by atoms with van der Waals surface area (Å²) in [5.74, 6) is 1.90. The average Bonchev–Trinajstić information content (AvgIpc) is 2.78. The van der Waals surface area contributed by atoms with Gasteiger partial charge < -0.3 is 9.30 Å². The van der Waals surface area contributed by atoms with Crippen molar-refractivity contribution in [1.29, 1.82) is 5.26 Å². The molecule has 0 saturated carbocycles. The van der Waals surface area contributed by atoms with Gasteiger partial charge in [0.05, 0.1) is 18.9 Å². The number of nitriles is 1. The van der Waals surface area contributed by atoms with Gasteiger partial charge in [-0.15, -0.1) is 10.2 Å². The number of hydrogen-bond acceptors (Lipinski definition) is 5. The molecule has 0 bridgehead atoms. The number of thioether (sulfide) groups is 1. The molecule has 1 aromatic carbocycles. The van der Waals surface area contributed by atoms with E-state index in [-0.39, 0.29) is 0 Å². The van der Waals surface area contributed by atoms with Gasteiger partial charge in [-0.25, -0.2) is 0 Å². The number of ether oxygens (including phenoxy) is 1. The van der Waals surface area contributed by atoms with Gasteiger partial charge in [0.25, 0.3) is 0 Å². The highest BCUT2D eigenvalue weighted by atomic mass is 32.2. The van der Waals surface area contributed by atoms with E-state index < -0.39 is 0 Å². The van der Waals surface area contributed by atoms with E-state index in [0.717, 1.165) is 22.3 Å². The molecule has 2 aromatic rings. The smallest absolute Gasteiger partial charge is 0.192 e. The molecule has 1 aromatic heterocycles. The van der Waals surface area contributed by atoms with Gasteiger partial charge in [0.1, 0.15) is 5.75 Å². The standard InChI is InChI=1S/C12H12N4OS/c1-16-11(14-15-12(16)18-7-6-13)9-4-3-5-10(8-9)17-2/h3-5,8H,7H2,1-2H3. The van der Waals surface area contributed by atoms with E-state index in [2.05, 4.69) is 16.3 Å². The molecule has 6 heteroatoms. The molecule has 5 nitrogen and oxygen atoms in total. The molecule has 0 fully saturated rings. The van der Waals surface area contributed by atoms with Crippen molar-refractivity contribution >= 4 is 11.8 Å². The molecule has 0 aliphatic carbocycles. The van der Waals surface area contributed by atoms with Crippen LogP contribution in [-0.4, -0.2) is 27.6 Å². The SMILES string of the molecule is COc1cccc(-c2nnc(SCC#N)n2C)c1. The molecule has 0 unspecified atom stereocenters. The summed E-state index contributed by atoms with van der Waals surface area (Å²) < 4.78 is 7.05. The Labute approximate surface area is 109 Å². The fourth-order valence-electron chi connectivity index (χ4n) is 1.55. The first kappa shape index (κ1) is 12.5. The second-order valence-electron chi connectivity index (χ2n) is 3.54. The molecule has 0 atom stereocenters. The van der Waals surface area contributed by atoms with Crippen molar-refractivity contribution in [3.8, 4) is 23.2 Å². The second kappa shape index (κ2) is 5.56. The monoisotopic (exact) mass is 260 g/mol. The lowest BCUT2D eigenvalue weighted by molar-refractivity contribution is 0.415. The highest BCUT2D eigenvalue weighted by Crippen LogP contribution is 2.25. The number of aromatic nitrogens is 3. The zero-order valence-electron chi connectivity index (χ0n) is 10.1. The quantitative estimate of drug-likeness (QED) is 0.788. The van der Waals surface area contributed by atoms with E-state index in [9.17, 15) is 0 Å². The molecule has 0 N–H and O–H groups in total. The number of methoxy groups -OCH3 is 1. The minimum absolute atomic E-state index is 0.365. The van der Waals surface area contributed by atoms with Gasteiger partial charge in [-0.05, 0) is 12.1 Å². The third kappa shape index (κ3) is 2.46. The molecule has 0 aliphatic heterocycles. The van der Waals surface area contributed by atoms with Crippen LogP contribution < -0.4 is 4.74 Å². The Morgan fingerprint density at radius 1 is 1.44 bits per heavy atom. The maximum absolute atomic E-state index is 8.57. The van der Waals surface area contributed by atoms with Crippen LogP contribution in [0.4, 0.5) is 0 Å². The summed E-state index contributed by atoms with van der Waals surface area (Å²) in [6.07, 6.45) is 0. The van der Waals surface area contributed by atoms with Crippen molar-refractivity contribution in [2.45, 2.75) is 5.16 Å². The lowest BCUT2D eigenvalue weighted by atomic mass is 10.2.